The highest BCUT2D eigenvalue weighted by Gasteiger charge is 2.28. The van der Waals surface area contributed by atoms with Crippen molar-refractivity contribution in [1.82, 2.24) is 16.0 Å². The van der Waals surface area contributed by atoms with Gasteiger partial charge in [-0.1, -0.05) is 12.1 Å². The molecule has 32 heavy (non-hydrogen) atoms. The van der Waals surface area contributed by atoms with Gasteiger partial charge in [0.15, 0.2) is 0 Å². The molecule has 1 aromatic carbocycles. The Morgan fingerprint density at radius 2 is 1.59 bits per heavy atom. The second-order valence-corrected chi connectivity index (χ2v) is 7.04. The van der Waals surface area contributed by atoms with E-state index in [2.05, 4.69) is 16.0 Å². The molecule has 10 N–H and O–H groups in total. The minimum absolute atomic E-state index is 0.000573. The Labute approximate surface area is 183 Å². The normalized spacial score (nSPS) is 14.3. The highest BCUT2D eigenvalue weighted by molar-refractivity contribution is 5.95. The Balaban J connectivity index is 2.69. The zero-order valence-corrected chi connectivity index (χ0v) is 17.3. The van der Waals surface area contributed by atoms with E-state index in [0.717, 1.165) is 0 Å². The van der Waals surface area contributed by atoms with Gasteiger partial charge in [-0.15, -0.1) is 0 Å². The van der Waals surface area contributed by atoms with E-state index in [1.54, 1.807) is 0 Å². The number of carboxylic acid groups (broad SMARTS) is 1. The van der Waals surface area contributed by atoms with Crippen LogP contribution in [0.2, 0.25) is 0 Å². The molecule has 4 unspecified atom stereocenters. The fourth-order valence-electron chi connectivity index (χ4n) is 2.50. The summed E-state index contributed by atoms with van der Waals surface area (Å²) >= 11 is 0. The number of nitrogens with one attached hydrogen (secondary N) is 3. The highest BCUT2D eigenvalue weighted by atomic mass is 16.4. The topological polar surface area (TPSA) is 234 Å². The van der Waals surface area contributed by atoms with E-state index < -0.39 is 66.8 Å². The van der Waals surface area contributed by atoms with Gasteiger partial charge in [0.2, 0.25) is 23.6 Å². The molecule has 0 bridgehead atoms. The zero-order chi connectivity index (χ0) is 24.4. The molecule has 0 aromatic heterocycles. The standard InChI is InChI=1S/C19H27N5O8/c1-9(25)16(21)18(30)24-12(7-14(20)27)17(29)22-8-15(28)23-13(19(31)32)6-10-2-4-11(26)5-3-10/h2-5,9,12-13,16,25-26H,6-8,21H2,1H3,(H2,20,27)(H,22,29)(H,23,28)(H,24,30)(H,31,32). The third-order valence-corrected chi connectivity index (χ3v) is 4.29. The smallest absolute Gasteiger partial charge is 0.326 e. The highest BCUT2D eigenvalue weighted by Crippen LogP contribution is 2.11. The predicted molar refractivity (Wildman–Crippen MR) is 110 cm³/mol. The number of phenolic OH excluding ortho intramolecular Hbond substituents is 1. The van der Waals surface area contributed by atoms with Crippen molar-refractivity contribution >= 4 is 29.6 Å². The first-order valence-electron chi connectivity index (χ1n) is 9.50. The summed E-state index contributed by atoms with van der Waals surface area (Å²) in [7, 11) is 0. The Hall–Kier alpha value is -3.71. The number of hydrogen-bond acceptors (Lipinski definition) is 8. The molecule has 13 nitrogen and oxygen atoms in total. The van der Waals surface area contributed by atoms with Crippen LogP contribution in [-0.4, -0.2) is 75.7 Å². The van der Waals surface area contributed by atoms with E-state index in [1.807, 2.05) is 0 Å². The molecule has 176 valence electrons. The lowest BCUT2D eigenvalue weighted by Gasteiger charge is -2.21. The first kappa shape index (κ1) is 26.3. The van der Waals surface area contributed by atoms with Gasteiger partial charge >= 0.3 is 5.97 Å². The summed E-state index contributed by atoms with van der Waals surface area (Å²) in [5.74, 6) is -4.92. The number of rotatable bonds is 12. The third-order valence-electron chi connectivity index (χ3n) is 4.29. The summed E-state index contributed by atoms with van der Waals surface area (Å²) in [5, 5.41) is 34.5. The number of amides is 4. The number of aliphatic hydroxyl groups excluding tert-OH is 1. The molecule has 0 aliphatic rings. The van der Waals surface area contributed by atoms with Gasteiger partial charge in [0.05, 0.1) is 19.1 Å². The largest absolute Gasteiger partial charge is 0.508 e. The summed E-state index contributed by atoms with van der Waals surface area (Å²) in [6.07, 6.45) is -1.89. The molecular formula is C19H27N5O8. The molecule has 0 aliphatic heterocycles. The SMILES string of the molecule is CC(O)C(N)C(=O)NC(CC(N)=O)C(=O)NCC(=O)NC(Cc1ccc(O)cc1)C(=O)O. The summed E-state index contributed by atoms with van der Waals surface area (Å²) in [5.41, 5.74) is 11.1. The zero-order valence-electron chi connectivity index (χ0n) is 17.3. The number of benzene rings is 1. The summed E-state index contributed by atoms with van der Waals surface area (Å²) in [6, 6.07) is 1.60. The van der Waals surface area contributed by atoms with Crippen molar-refractivity contribution in [3.05, 3.63) is 29.8 Å². The molecule has 0 aliphatic carbocycles. The fraction of sp³-hybridized carbons (Fsp3) is 0.421. The van der Waals surface area contributed by atoms with Gasteiger partial charge in [-0.2, -0.15) is 0 Å². The van der Waals surface area contributed by atoms with Crippen molar-refractivity contribution in [2.24, 2.45) is 11.5 Å². The number of carboxylic acids is 1. The molecule has 0 radical (unpaired) electrons. The summed E-state index contributed by atoms with van der Waals surface area (Å²) in [4.78, 5) is 59.0. The number of phenols is 1. The van der Waals surface area contributed by atoms with Crippen LogP contribution in [0.15, 0.2) is 24.3 Å². The Morgan fingerprint density at radius 3 is 2.09 bits per heavy atom. The van der Waals surface area contributed by atoms with E-state index in [0.29, 0.717) is 5.56 Å². The first-order valence-corrected chi connectivity index (χ1v) is 9.50. The van der Waals surface area contributed by atoms with Gasteiger partial charge in [-0.05, 0) is 24.6 Å². The lowest BCUT2D eigenvalue weighted by atomic mass is 10.1. The van der Waals surface area contributed by atoms with Crippen LogP contribution >= 0.6 is 0 Å². The molecule has 1 rings (SSSR count). The molecule has 13 heteroatoms. The Bertz CT molecular complexity index is 843. The van der Waals surface area contributed by atoms with Crippen LogP contribution in [-0.2, 0) is 30.4 Å². The van der Waals surface area contributed by atoms with Gasteiger partial charge in [0, 0.05) is 6.42 Å². The quantitative estimate of drug-likeness (QED) is 0.158. The van der Waals surface area contributed by atoms with E-state index in [1.165, 1.54) is 31.2 Å². The molecule has 0 saturated heterocycles. The number of aliphatic carboxylic acids is 1. The minimum Gasteiger partial charge on any atom is -0.508 e. The monoisotopic (exact) mass is 453 g/mol. The molecule has 4 atom stereocenters. The maximum atomic E-state index is 12.3. The van der Waals surface area contributed by atoms with Crippen LogP contribution in [0.3, 0.4) is 0 Å². The number of primary amides is 1. The fourth-order valence-corrected chi connectivity index (χ4v) is 2.50. The van der Waals surface area contributed by atoms with Crippen LogP contribution in [0.25, 0.3) is 0 Å². The van der Waals surface area contributed by atoms with Crippen LogP contribution in [0.1, 0.15) is 18.9 Å². The molecule has 0 fully saturated rings. The predicted octanol–water partition coefficient (Wildman–Crippen LogP) is -3.31. The Morgan fingerprint density at radius 1 is 1.00 bits per heavy atom. The van der Waals surface area contributed by atoms with Gasteiger partial charge in [-0.3, -0.25) is 19.2 Å². The van der Waals surface area contributed by atoms with Crippen molar-refractivity contribution in [3.63, 3.8) is 0 Å². The number of hydrogen-bond donors (Lipinski definition) is 8. The van der Waals surface area contributed by atoms with E-state index in [4.69, 9.17) is 11.5 Å². The van der Waals surface area contributed by atoms with Crippen LogP contribution in [0.5, 0.6) is 5.75 Å². The van der Waals surface area contributed by atoms with Gasteiger partial charge in [0.25, 0.3) is 0 Å². The van der Waals surface area contributed by atoms with Crippen molar-refractivity contribution < 1.29 is 39.3 Å². The van der Waals surface area contributed by atoms with E-state index in [9.17, 15) is 39.3 Å². The summed E-state index contributed by atoms with van der Waals surface area (Å²) < 4.78 is 0. The number of aliphatic hydroxyl groups is 1. The molecule has 0 heterocycles. The van der Waals surface area contributed by atoms with Gasteiger partial charge in [0.1, 0.15) is 23.9 Å². The number of aromatic hydroxyl groups is 1. The van der Waals surface area contributed by atoms with Crippen LogP contribution in [0.4, 0.5) is 0 Å². The van der Waals surface area contributed by atoms with Crippen molar-refractivity contribution in [2.75, 3.05) is 6.54 Å². The summed E-state index contributed by atoms with van der Waals surface area (Å²) in [6.45, 7) is 0.612. The van der Waals surface area contributed by atoms with Gasteiger partial charge < -0.3 is 42.7 Å². The number of carbonyl (C=O) groups is 5. The first-order chi connectivity index (χ1) is 14.9. The van der Waals surface area contributed by atoms with Gasteiger partial charge in [-0.25, -0.2) is 4.79 Å². The average molecular weight is 453 g/mol. The lowest BCUT2D eigenvalue weighted by molar-refractivity contribution is -0.141. The Kier molecular flexibility index (Phi) is 10.1. The molecule has 0 saturated carbocycles. The van der Waals surface area contributed by atoms with E-state index in [-0.39, 0.29) is 12.2 Å². The van der Waals surface area contributed by atoms with Crippen molar-refractivity contribution in [1.29, 1.82) is 0 Å². The van der Waals surface area contributed by atoms with Crippen molar-refractivity contribution in [3.8, 4) is 5.75 Å². The minimum atomic E-state index is -1.45. The van der Waals surface area contributed by atoms with E-state index >= 15 is 0 Å². The average Bonchev–Trinajstić information content (AvgIpc) is 2.71. The lowest BCUT2D eigenvalue weighted by Crippen LogP contribution is -2.56. The maximum absolute atomic E-state index is 12.3. The molecule has 1 aromatic rings. The van der Waals surface area contributed by atoms with Crippen molar-refractivity contribution in [2.45, 2.75) is 44.0 Å². The number of carbonyl (C=O) groups excluding carboxylic acids is 4. The molecule has 4 amide bonds. The van der Waals surface area contributed by atoms with Crippen LogP contribution < -0.4 is 27.4 Å². The second kappa shape index (κ2) is 12.2. The second-order valence-electron chi connectivity index (χ2n) is 7.04. The third kappa shape index (κ3) is 8.97. The maximum Gasteiger partial charge on any atom is 0.326 e. The number of nitrogens with two attached hydrogens (primary N) is 2. The molecule has 0 spiro atoms. The molecular weight excluding hydrogens is 426 g/mol. The van der Waals surface area contributed by atoms with Crippen LogP contribution in [0, 0.1) is 0 Å².